The zero-order valence-corrected chi connectivity index (χ0v) is 18.8. The van der Waals surface area contributed by atoms with Crippen molar-refractivity contribution in [2.24, 2.45) is 0 Å². The molecule has 0 bridgehead atoms. The first-order chi connectivity index (χ1) is 13.8. The molecule has 4 nitrogen and oxygen atoms in total. The van der Waals surface area contributed by atoms with Crippen molar-refractivity contribution >= 4 is 23.5 Å². The molecule has 0 unspecified atom stereocenters. The van der Waals surface area contributed by atoms with Crippen LogP contribution in [0.4, 0.5) is 10.5 Å². The van der Waals surface area contributed by atoms with E-state index >= 15 is 0 Å². The minimum Gasteiger partial charge on any atom is -0.335 e. The molecule has 3 rings (SSSR count). The molecule has 156 valence electrons. The van der Waals surface area contributed by atoms with E-state index in [-0.39, 0.29) is 16.8 Å². The van der Waals surface area contributed by atoms with Gasteiger partial charge in [-0.05, 0) is 49.1 Å². The van der Waals surface area contributed by atoms with Gasteiger partial charge in [0, 0.05) is 41.0 Å². The van der Waals surface area contributed by atoms with Gasteiger partial charge >= 0.3 is 6.03 Å². The maximum absolute atomic E-state index is 12.5. The number of rotatable bonds is 5. The molecule has 29 heavy (non-hydrogen) atoms. The Hall–Kier alpha value is -1.98. The van der Waals surface area contributed by atoms with E-state index in [1.807, 2.05) is 24.8 Å². The summed E-state index contributed by atoms with van der Waals surface area (Å²) in [6, 6.07) is 16.9. The molecule has 0 radical (unpaired) electrons. The summed E-state index contributed by atoms with van der Waals surface area (Å²) in [4.78, 5) is 16.2. The molecule has 0 atom stereocenters. The summed E-state index contributed by atoms with van der Waals surface area (Å²) in [5, 5.41) is 6.18. The zero-order valence-electron chi connectivity index (χ0n) is 18.0. The van der Waals surface area contributed by atoms with Gasteiger partial charge < -0.3 is 10.6 Å². The van der Waals surface area contributed by atoms with Crippen molar-refractivity contribution in [1.29, 1.82) is 0 Å². The zero-order chi connectivity index (χ0) is 20.9. The van der Waals surface area contributed by atoms with Gasteiger partial charge in [0.25, 0.3) is 0 Å². The Morgan fingerprint density at radius 3 is 2.41 bits per heavy atom. The van der Waals surface area contributed by atoms with Crippen LogP contribution in [-0.2, 0) is 6.54 Å². The van der Waals surface area contributed by atoms with Crippen LogP contribution in [0.25, 0.3) is 0 Å². The van der Waals surface area contributed by atoms with Gasteiger partial charge in [0.15, 0.2) is 0 Å². The van der Waals surface area contributed by atoms with Crippen LogP contribution in [0.5, 0.6) is 0 Å². The molecule has 1 aliphatic heterocycles. The fourth-order valence-electron chi connectivity index (χ4n) is 3.61. The van der Waals surface area contributed by atoms with E-state index in [4.69, 9.17) is 0 Å². The lowest BCUT2D eigenvalue weighted by molar-refractivity contribution is 0.190. The lowest BCUT2D eigenvalue weighted by atomic mass is 10.0. The highest BCUT2D eigenvalue weighted by Gasteiger charge is 2.21. The third kappa shape index (κ3) is 7.09. The van der Waals surface area contributed by atoms with Crippen molar-refractivity contribution in [1.82, 2.24) is 10.2 Å². The second-order valence-corrected chi connectivity index (χ2v) is 10.7. The second-order valence-electron chi connectivity index (χ2n) is 8.83. The smallest absolute Gasteiger partial charge is 0.319 e. The number of urea groups is 1. The monoisotopic (exact) mass is 411 g/mol. The van der Waals surface area contributed by atoms with Crippen LogP contribution >= 0.6 is 11.8 Å². The van der Waals surface area contributed by atoms with Crippen LogP contribution in [0, 0.1) is 6.92 Å². The van der Waals surface area contributed by atoms with E-state index in [2.05, 4.69) is 78.8 Å². The lowest BCUT2D eigenvalue weighted by Crippen LogP contribution is -2.45. The van der Waals surface area contributed by atoms with Gasteiger partial charge in [0.05, 0.1) is 0 Å². The van der Waals surface area contributed by atoms with E-state index < -0.39 is 0 Å². The first kappa shape index (κ1) is 21.7. The normalized spacial score (nSPS) is 15.9. The molecular formula is C24H33N3OS. The number of carbonyl (C=O) groups excluding carboxylic acids is 1. The summed E-state index contributed by atoms with van der Waals surface area (Å²) in [5.74, 6) is 0. The minimum absolute atomic E-state index is 0.106. The molecule has 0 spiro atoms. The Morgan fingerprint density at radius 2 is 1.79 bits per heavy atom. The molecule has 2 aromatic rings. The fraction of sp³-hybridized carbons (Fsp3) is 0.458. The summed E-state index contributed by atoms with van der Waals surface area (Å²) in [7, 11) is 0. The number of nitrogens with zero attached hydrogens (tertiary/aromatic N) is 1. The number of hydrogen-bond donors (Lipinski definition) is 2. The van der Waals surface area contributed by atoms with E-state index in [0.29, 0.717) is 0 Å². The number of carbonyl (C=O) groups is 1. The van der Waals surface area contributed by atoms with E-state index in [9.17, 15) is 4.79 Å². The Kier molecular flexibility index (Phi) is 7.25. The van der Waals surface area contributed by atoms with Crippen LogP contribution in [0.15, 0.2) is 53.4 Å². The third-order valence-corrected chi connectivity index (χ3v) is 6.14. The summed E-state index contributed by atoms with van der Waals surface area (Å²) >= 11 is 1.84. The average Bonchev–Trinajstić information content (AvgIpc) is 2.65. The molecule has 0 saturated carbocycles. The molecule has 1 saturated heterocycles. The Balaban J connectivity index is 1.45. The molecule has 2 N–H and O–H groups in total. The number of amides is 2. The van der Waals surface area contributed by atoms with Crippen molar-refractivity contribution in [3.8, 4) is 0 Å². The number of piperidine rings is 1. The number of anilines is 1. The summed E-state index contributed by atoms with van der Waals surface area (Å²) in [6.45, 7) is 11.7. The van der Waals surface area contributed by atoms with Gasteiger partial charge in [0.2, 0.25) is 0 Å². The predicted molar refractivity (Wildman–Crippen MR) is 124 cm³/mol. The Labute approximate surface area is 179 Å². The number of hydrogen-bond acceptors (Lipinski definition) is 3. The van der Waals surface area contributed by atoms with Crippen LogP contribution in [0.1, 0.15) is 44.7 Å². The Bertz CT molecular complexity index is 809. The van der Waals surface area contributed by atoms with Crippen molar-refractivity contribution in [3.05, 3.63) is 59.7 Å². The highest BCUT2D eigenvalue weighted by atomic mass is 32.2. The number of likely N-dealkylation sites (tertiary alicyclic amines) is 1. The van der Waals surface area contributed by atoms with E-state index in [1.54, 1.807) is 0 Å². The molecule has 2 amide bonds. The molecule has 1 fully saturated rings. The topological polar surface area (TPSA) is 44.4 Å². The third-order valence-electron chi connectivity index (χ3n) is 5.04. The summed E-state index contributed by atoms with van der Waals surface area (Å²) < 4.78 is 0.175. The Morgan fingerprint density at radius 1 is 1.10 bits per heavy atom. The molecular weight excluding hydrogens is 378 g/mol. The number of aryl methyl sites for hydroxylation is 1. The second kappa shape index (κ2) is 9.68. The van der Waals surface area contributed by atoms with E-state index in [1.165, 1.54) is 10.5 Å². The van der Waals surface area contributed by atoms with Crippen LogP contribution in [0.2, 0.25) is 0 Å². The van der Waals surface area contributed by atoms with Crippen LogP contribution in [-0.4, -0.2) is 34.8 Å². The lowest BCUT2D eigenvalue weighted by Gasteiger charge is -2.32. The highest BCUT2D eigenvalue weighted by molar-refractivity contribution is 8.00. The number of nitrogens with one attached hydrogen (secondary N) is 2. The molecule has 2 aromatic carbocycles. The molecule has 1 heterocycles. The van der Waals surface area contributed by atoms with Gasteiger partial charge in [-0.3, -0.25) is 4.90 Å². The molecule has 0 aliphatic carbocycles. The van der Waals surface area contributed by atoms with Crippen LogP contribution < -0.4 is 10.6 Å². The maximum atomic E-state index is 12.5. The molecule has 1 aliphatic rings. The predicted octanol–water partition coefficient (Wildman–Crippen LogP) is 5.67. The molecule has 0 aromatic heterocycles. The highest BCUT2D eigenvalue weighted by Crippen LogP contribution is 2.33. The SMILES string of the molecule is Cc1cc(SC(C)(C)C)ccc1NC(=O)NC1CCN(Cc2ccccc2)CC1. The summed E-state index contributed by atoms with van der Waals surface area (Å²) in [6.07, 6.45) is 1.97. The fourth-order valence-corrected chi connectivity index (χ4v) is 4.69. The summed E-state index contributed by atoms with van der Waals surface area (Å²) in [5.41, 5.74) is 3.31. The van der Waals surface area contributed by atoms with Gasteiger partial charge in [-0.2, -0.15) is 0 Å². The quantitative estimate of drug-likeness (QED) is 0.623. The first-order valence-electron chi connectivity index (χ1n) is 10.4. The number of thioether (sulfide) groups is 1. The van der Waals surface area contributed by atoms with Gasteiger partial charge in [0.1, 0.15) is 0 Å². The largest absolute Gasteiger partial charge is 0.335 e. The standard InChI is InChI=1S/C24H33N3OS/c1-18-16-21(29-24(2,3)4)10-11-22(18)26-23(28)25-20-12-14-27(15-13-20)17-19-8-6-5-7-9-19/h5-11,16,20H,12-15,17H2,1-4H3,(H2,25,26,28). The average molecular weight is 412 g/mol. The minimum atomic E-state index is -0.106. The van der Waals surface area contributed by atoms with Crippen molar-refractivity contribution in [3.63, 3.8) is 0 Å². The maximum Gasteiger partial charge on any atom is 0.319 e. The van der Waals surface area contributed by atoms with Gasteiger partial charge in [-0.25, -0.2) is 4.79 Å². The van der Waals surface area contributed by atoms with E-state index in [0.717, 1.165) is 43.7 Å². The molecule has 5 heteroatoms. The van der Waals surface area contributed by atoms with Crippen molar-refractivity contribution < 1.29 is 4.79 Å². The van der Waals surface area contributed by atoms with Gasteiger partial charge in [-0.1, -0.05) is 51.1 Å². The van der Waals surface area contributed by atoms with Crippen molar-refractivity contribution in [2.75, 3.05) is 18.4 Å². The number of benzene rings is 2. The first-order valence-corrected chi connectivity index (χ1v) is 11.2. The van der Waals surface area contributed by atoms with Gasteiger partial charge in [-0.15, -0.1) is 11.8 Å². The van der Waals surface area contributed by atoms with Crippen molar-refractivity contribution in [2.45, 2.75) is 62.8 Å². The van der Waals surface area contributed by atoms with Crippen LogP contribution in [0.3, 0.4) is 0 Å².